The van der Waals surface area contributed by atoms with Crippen molar-refractivity contribution in [2.24, 2.45) is 0 Å². The van der Waals surface area contributed by atoms with Crippen LogP contribution >= 0.6 is 0 Å². The number of fused-ring (bicyclic) bond motifs is 2. The van der Waals surface area contributed by atoms with Crippen LogP contribution in [0.5, 0.6) is 0 Å². The van der Waals surface area contributed by atoms with Gasteiger partial charge >= 0.3 is 0 Å². The van der Waals surface area contributed by atoms with Crippen molar-refractivity contribution in [2.45, 2.75) is 106 Å². The summed E-state index contributed by atoms with van der Waals surface area (Å²) in [5.41, 5.74) is 11.7. The molecule has 0 aromatic rings. The molecule has 4 aliphatic rings. The van der Waals surface area contributed by atoms with Gasteiger partial charge in [-0.2, -0.15) is 0 Å². The predicted octanol–water partition coefficient (Wildman–Crippen LogP) is 10.2. The minimum Gasteiger partial charge on any atom is -0.623 e. The molecule has 0 saturated heterocycles. The molecule has 0 radical (unpaired) electrons. The number of carbonyl (C=O) groups is 1. The third-order valence-electron chi connectivity index (χ3n) is 8.22. The number of aryl methyl sites for hydroxylation is 2. The normalized spacial score (nSPS) is 13.2. The van der Waals surface area contributed by atoms with Crippen LogP contribution in [0.3, 0.4) is 0 Å². The van der Waals surface area contributed by atoms with E-state index in [-0.39, 0.29) is 11.4 Å². The number of carbonyl (C=O) groups excluding carboxylic acids is 1. The summed E-state index contributed by atoms with van der Waals surface area (Å²) in [5.74, 6) is 0.612. The zero-order valence-electron chi connectivity index (χ0n) is 28.8. The Kier molecular flexibility index (Phi) is 9.17. The van der Waals surface area contributed by atoms with Gasteiger partial charge in [0.1, 0.15) is 0 Å². The second kappa shape index (κ2) is 12.2. The van der Waals surface area contributed by atoms with Crippen molar-refractivity contribution in [1.82, 2.24) is 5.32 Å². The molecule has 0 atom stereocenters. The van der Waals surface area contributed by atoms with Crippen LogP contribution in [0.15, 0.2) is 48.5 Å². The fourth-order valence-electron chi connectivity index (χ4n) is 5.62. The molecule has 0 bridgehead atoms. The van der Waals surface area contributed by atoms with Gasteiger partial charge in [-0.3, -0.25) is 4.79 Å². The van der Waals surface area contributed by atoms with Crippen LogP contribution in [0.2, 0.25) is 0 Å². The summed E-state index contributed by atoms with van der Waals surface area (Å²) < 4.78 is 1.05. The number of hydroxylamine groups is 1. The van der Waals surface area contributed by atoms with Crippen LogP contribution in [0, 0.1) is 19.1 Å². The van der Waals surface area contributed by atoms with E-state index >= 15 is 0 Å². The lowest BCUT2D eigenvalue weighted by Gasteiger charge is -2.20. The quantitative estimate of drug-likeness (QED) is 0.105. The van der Waals surface area contributed by atoms with Crippen LogP contribution in [0.25, 0.3) is 34.4 Å². The molecular formula is C40H50N2O2. The van der Waals surface area contributed by atoms with Crippen LogP contribution in [-0.4, -0.2) is 27.9 Å². The highest BCUT2D eigenvalue weighted by Crippen LogP contribution is 2.40. The monoisotopic (exact) mass is 590 g/mol. The third kappa shape index (κ3) is 7.07. The third-order valence-corrected chi connectivity index (χ3v) is 8.22. The second-order valence-corrected chi connectivity index (χ2v) is 14.9. The summed E-state index contributed by atoms with van der Waals surface area (Å²) in [6.07, 6.45) is 6.00. The molecular weight excluding hydrogens is 540 g/mol. The predicted molar refractivity (Wildman–Crippen MR) is 188 cm³/mol. The Balaban J connectivity index is 1.95. The Morgan fingerprint density at radius 2 is 1.20 bits per heavy atom. The standard InChI is InChI=1S/C40H50N2O2/c1-24(2)28-15-13-26(5)36-30(19-32(33(36)20-28)23-42(44)40(10,11)12)17-18-31-22-35(38(43)41-39(7,8)9)34-21-29(25(3)4)16-14-27(6)37(31)34/h13-25H,1-12H3,(H,41,43)/b18-17+,42-23-. The molecule has 1 amide bonds. The van der Waals surface area contributed by atoms with Gasteiger partial charge in [0.25, 0.3) is 5.91 Å². The average molecular weight is 591 g/mol. The fourth-order valence-corrected chi connectivity index (χ4v) is 5.62. The van der Waals surface area contributed by atoms with Gasteiger partial charge in [0.15, 0.2) is 11.8 Å². The fraction of sp³-hybridized carbons (Fsp3) is 0.400. The van der Waals surface area contributed by atoms with Crippen LogP contribution < -0.4 is 5.32 Å². The number of hydrogen-bond acceptors (Lipinski definition) is 2. The highest BCUT2D eigenvalue weighted by molar-refractivity contribution is 6.06. The minimum atomic E-state index is -0.549. The maximum atomic E-state index is 13.6. The van der Waals surface area contributed by atoms with Crippen molar-refractivity contribution in [3.8, 4) is 22.3 Å². The molecule has 4 heteroatoms. The van der Waals surface area contributed by atoms with Gasteiger partial charge in [0.05, 0.1) is 0 Å². The molecule has 4 rings (SSSR count). The molecule has 0 fully saturated rings. The van der Waals surface area contributed by atoms with Crippen molar-refractivity contribution in [1.29, 1.82) is 0 Å². The first-order chi connectivity index (χ1) is 20.4. The first-order valence-electron chi connectivity index (χ1n) is 15.8. The molecule has 0 aromatic carbocycles. The van der Waals surface area contributed by atoms with Gasteiger partial charge in [0, 0.05) is 37.4 Å². The van der Waals surface area contributed by atoms with Crippen molar-refractivity contribution >= 4 is 24.3 Å². The van der Waals surface area contributed by atoms with E-state index in [9.17, 15) is 10.0 Å². The van der Waals surface area contributed by atoms with Gasteiger partial charge in [-0.1, -0.05) is 76.2 Å². The van der Waals surface area contributed by atoms with Gasteiger partial charge in [-0.15, -0.1) is 0 Å². The zero-order valence-corrected chi connectivity index (χ0v) is 28.8. The van der Waals surface area contributed by atoms with E-state index in [4.69, 9.17) is 0 Å². The Morgan fingerprint density at radius 3 is 1.68 bits per heavy atom. The lowest BCUT2D eigenvalue weighted by molar-refractivity contribution is -0.530. The molecule has 0 saturated carbocycles. The van der Waals surface area contributed by atoms with Crippen molar-refractivity contribution in [3.05, 3.63) is 98.2 Å². The van der Waals surface area contributed by atoms with Gasteiger partial charge < -0.3 is 10.5 Å². The van der Waals surface area contributed by atoms with E-state index in [2.05, 4.69) is 101 Å². The molecule has 0 aromatic heterocycles. The molecule has 1 N–H and O–H groups in total. The summed E-state index contributed by atoms with van der Waals surface area (Å²) in [4.78, 5) is 13.6. The topological polar surface area (TPSA) is 55.2 Å². The van der Waals surface area contributed by atoms with E-state index in [1.165, 1.54) is 11.1 Å². The van der Waals surface area contributed by atoms with E-state index < -0.39 is 5.54 Å². The first kappa shape index (κ1) is 33.0. The number of nitrogens with zero attached hydrogens (tertiary/aromatic N) is 1. The summed E-state index contributed by atoms with van der Waals surface area (Å²) in [5, 5.41) is 16.3. The number of nitrogens with one attached hydrogen (secondary N) is 1. The molecule has 4 nitrogen and oxygen atoms in total. The summed E-state index contributed by atoms with van der Waals surface area (Å²) in [6, 6.07) is 17.3. The molecule has 0 aliphatic heterocycles. The summed E-state index contributed by atoms with van der Waals surface area (Å²) >= 11 is 0. The van der Waals surface area contributed by atoms with Gasteiger partial charge in [0.2, 0.25) is 0 Å². The second-order valence-electron chi connectivity index (χ2n) is 14.9. The highest BCUT2D eigenvalue weighted by atomic mass is 16.5. The van der Waals surface area contributed by atoms with Crippen LogP contribution in [0.4, 0.5) is 0 Å². The van der Waals surface area contributed by atoms with Crippen LogP contribution in [0.1, 0.15) is 130 Å². The summed E-state index contributed by atoms with van der Waals surface area (Å²) in [7, 11) is 0. The van der Waals surface area contributed by atoms with Gasteiger partial charge in [-0.25, -0.2) is 4.74 Å². The van der Waals surface area contributed by atoms with Crippen molar-refractivity contribution in [2.75, 3.05) is 0 Å². The van der Waals surface area contributed by atoms with E-state index in [0.717, 1.165) is 54.8 Å². The lowest BCUT2D eigenvalue weighted by Crippen LogP contribution is -2.40. The molecule has 4 aliphatic carbocycles. The first-order valence-corrected chi connectivity index (χ1v) is 15.8. The maximum absolute atomic E-state index is 13.6. The Labute approximate surface area is 265 Å². The average Bonchev–Trinajstić information content (AvgIpc) is 3.29. The van der Waals surface area contributed by atoms with E-state index in [1.54, 1.807) is 6.21 Å². The highest BCUT2D eigenvalue weighted by Gasteiger charge is 2.26. The van der Waals surface area contributed by atoms with E-state index in [0.29, 0.717) is 17.4 Å². The Bertz CT molecular complexity index is 1690. The SMILES string of the molecule is Cc1ccc(C(C)C)cc2c(/C=[N+](\[O-])C(C)(C)C)cc(/C=C/c3cc(C(=O)NC(C)(C)C)c4cc(C(C)C)ccc(C)c3-4)c1-2. The van der Waals surface area contributed by atoms with E-state index in [1.807, 2.05) is 47.6 Å². The number of hydrogen-bond donors (Lipinski definition) is 1. The lowest BCUT2D eigenvalue weighted by atomic mass is 9.98. The Morgan fingerprint density at radius 1 is 0.727 bits per heavy atom. The molecule has 44 heavy (non-hydrogen) atoms. The summed E-state index contributed by atoms with van der Waals surface area (Å²) in [6.45, 7) is 24.8. The number of rotatable bonds is 6. The molecule has 0 spiro atoms. The van der Waals surface area contributed by atoms with Crippen LogP contribution in [-0.2, 0) is 0 Å². The number of amides is 1. The van der Waals surface area contributed by atoms with Crippen molar-refractivity contribution in [3.63, 3.8) is 0 Å². The molecule has 0 heterocycles. The largest absolute Gasteiger partial charge is 0.623 e. The van der Waals surface area contributed by atoms with Gasteiger partial charge in [-0.05, 0) is 114 Å². The zero-order chi connectivity index (χ0) is 32.7. The smallest absolute Gasteiger partial charge is 0.252 e. The Hall–Kier alpha value is -3.92. The molecule has 232 valence electrons. The minimum absolute atomic E-state index is 0.0695. The van der Waals surface area contributed by atoms with Crippen molar-refractivity contribution < 1.29 is 9.53 Å². The molecule has 0 unspecified atom stereocenters. The maximum Gasteiger partial charge on any atom is 0.252 e.